The van der Waals surface area contributed by atoms with Gasteiger partial charge in [-0.15, -0.1) is 0 Å². The van der Waals surface area contributed by atoms with Crippen LogP contribution in [0.15, 0.2) is 0 Å². The van der Waals surface area contributed by atoms with E-state index >= 15 is 0 Å². The molecule has 0 radical (unpaired) electrons. The Morgan fingerprint density at radius 3 is 1.66 bits per heavy atom. The van der Waals surface area contributed by atoms with Crippen LogP contribution in [0.3, 0.4) is 0 Å². The number of aliphatic hydroxyl groups is 2. The summed E-state index contributed by atoms with van der Waals surface area (Å²) >= 11 is 0. The second-order valence-corrected chi connectivity index (χ2v) is 7.54. The normalized spacial score (nSPS) is 15.7. The smallest absolute Gasteiger partial charge is 0.326 e. The van der Waals surface area contributed by atoms with Crippen molar-refractivity contribution in [3.05, 3.63) is 0 Å². The Morgan fingerprint density at radius 1 is 0.781 bits per heavy atom. The van der Waals surface area contributed by atoms with Crippen molar-refractivity contribution in [3.8, 4) is 0 Å². The van der Waals surface area contributed by atoms with Gasteiger partial charge in [-0.1, -0.05) is 0 Å². The van der Waals surface area contributed by atoms with Crippen molar-refractivity contribution in [2.24, 2.45) is 17.2 Å². The molecule has 0 rings (SSSR count). The van der Waals surface area contributed by atoms with E-state index in [0.29, 0.717) is 38.8 Å². The number of nitrogens with one attached hydrogen (secondary N) is 3. The second kappa shape index (κ2) is 16.3. The number of aliphatic hydroxyl groups excluding tert-OH is 2. The van der Waals surface area contributed by atoms with Crippen LogP contribution in [0.4, 0.5) is 0 Å². The van der Waals surface area contributed by atoms with Gasteiger partial charge in [0.15, 0.2) is 0 Å². The van der Waals surface area contributed by atoms with Crippen LogP contribution in [0, 0.1) is 0 Å². The van der Waals surface area contributed by atoms with Crippen LogP contribution in [0.5, 0.6) is 0 Å². The molecular weight excluding hydrogens is 424 g/mol. The van der Waals surface area contributed by atoms with Crippen molar-refractivity contribution in [2.45, 2.75) is 75.7 Å². The molecule has 0 aromatic carbocycles. The van der Waals surface area contributed by atoms with Gasteiger partial charge in [-0.3, -0.25) is 14.4 Å². The summed E-state index contributed by atoms with van der Waals surface area (Å²) < 4.78 is 0. The predicted molar refractivity (Wildman–Crippen MR) is 116 cm³/mol. The van der Waals surface area contributed by atoms with E-state index in [-0.39, 0.29) is 12.8 Å². The van der Waals surface area contributed by atoms with Gasteiger partial charge in [0.1, 0.15) is 24.2 Å². The number of carbonyl (C=O) groups is 4. The highest BCUT2D eigenvalue weighted by Crippen LogP contribution is 2.04. The topological polar surface area (TPSA) is 243 Å². The van der Waals surface area contributed by atoms with Crippen LogP contribution in [0.25, 0.3) is 0 Å². The number of aliphatic carboxylic acids is 1. The van der Waals surface area contributed by atoms with E-state index in [9.17, 15) is 34.5 Å². The van der Waals surface area contributed by atoms with Crippen LogP contribution in [-0.2, 0) is 19.2 Å². The van der Waals surface area contributed by atoms with Crippen LogP contribution in [0.2, 0.25) is 0 Å². The summed E-state index contributed by atoms with van der Waals surface area (Å²) in [6.07, 6.45) is 1.29. The number of nitrogens with two attached hydrogens (primary N) is 3. The van der Waals surface area contributed by atoms with Gasteiger partial charge in [0.25, 0.3) is 0 Å². The highest BCUT2D eigenvalue weighted by Gasteiger charge is 2.30. The number of amides is 3. The van der Waals surface area contributed by atoms with E-state index in [1.165, 1.54) is 6.92 Å². The quantitative estimate of drug-likeness (QED) is 0.0964. The first-order chi connectivity index (χ1) is 15.1. The lowest BCUT2D eigenvalue weighted by atomic mass is 10.1. The Bertz CT molecular complexity index is 605. The maximum atomic E-state index is 12.7. The zero-order valence-corrected chi connectivity index (χ0v) is 18.5. The van der Waals surface area contributed by atoms with Gasteiger partial charge < -0.3 is 48.5 Å². The lowest BCUT2D eigenvalue weighted by Crippen LogP contribution is -2.58. The van der Waals surface area contributed by atoms with Crippen LogP contribution in [-0.4, -0.2) is 89.0 Å². The minimum Gasteiger partial charge on any atom is -0.480 e. The molecule has 3 amide bonds. The van der Waals surface area contributed by atoms with Crippen LogP contribution >= 0.6 is 0 Å². The molecule has 13 nitrogen and oxygen atoms in total. The minimum absolute atomic E-state index is 0.138. The predicted octanol–water partition coefficient (Wildman–Crippen LogP) is -3.52. The van der Waals surface area contributed by atoms with E-state index in [1.807, 2.05) is 0 Å². The molecule has 0 heterocycles. The molecule has 32 heavy (non-hydrogen) atoms. The van der Waals surface area contributed by atoms with Crippen molar-refractivity contribution < 1.29 is 34.5 Å². The fourth-order valence-electron chi connectivity index (χ4n) is 2.74. The zero-order chi connectivity index (χ0) is 24.7. The Balaban J connectivity index is 5.18. The molecule has 0 fully saturated rings. The fraction of sp³-hybridized carbons (Fsp3) is 0.789. The summed E-state index contributed by atoms with van der Waals surface area (Å²) in [4.78, 5) is 48.7. The van der Waals surface area contributed by atoms with E-state index in [0.717, 1.165) is 0 Å². The van der Waals surface area contributed by atoms with Crippen molar-refractivity contribution in [1.82, 2.24) is 16.0 Å². The molecule has 186 valence electrons. The summed E-state index contributed by atoms with van der Waals surface area (Å²) in [5.74, 6) is -3.66. The standard InChI is InChI=1S/C19H38N6O7/c1-11(27)15(22)18(30)23-12(6-2-4-8-20)16(28)25-14(10-26)17(29)24-13(19(31)32)7-3-5-9-21/h11-15,26-27H,2-10,20-22H2,1H3,(H,23,30)(H,24,29)(H,25,28)(H,31,32). The third-order valence-corrected chi connectivity index (χ3v) is 4.78. The summed E-state index contributed by atoms with van der Waals surface area (Å²) in [7, 11) is 0. The number of carboxylic acids is 1. The van der Waals surface area contributed by atoms with Gasteiger partial charge in [-0.25, -0.2) is 4.79 Å². The number of carbonyl (C=O) groups excluding carboxylic acids is 3. The minimum atomic E-state index is -1.43. The van der Waals surface area contributed by atoms with Gasteiger partial charge in [0.2, 0.25) is 17.7 Å². The molecule has 12 N–H and O–H groups in total. The molecule has 0 aliphatic carbocycles. The number of unbranched alkanes of at least 4 members (excludes halogenated alkanes) is 2. The molecule has 0 aliphatic heterocycles. The highest BCUT2D eigenvalue weighted by molar-refractivity contribution is 5.94. The molecule has 13 heteroatoms. The molecule has 0 bridgehead atoms. The summed E-state index contributed by atoms with van der Waals surface area (Å²) in [6, 6.07) is -5.00. The highest BCUT2D eigenvalue weighted by atomic mass is 16.4. The lowest BCUT2D eigenvalue weighted by molar-refractivity contribution is -0.142. The number of hydrogen-bond donors (Lipinski definition) is 9. The average molecular weight is 463 g/mol. The first-order valence-electron chi connectivity index (χ1n) is 10.7. The van der Waals surface area contributed by atoms with Gasteiger partial charge in [-0.2, -0.15) is 0 Å². The molecule has 5 unspecified atom stereocenters. The molecule has 0 saturated carbocycles. The van der Waals surface area contributed by atoms with E-state index in [1.54, 1.807) is 0 Å². The van der Waals surface area contributed by atoms with Gasteiger partial charge >= 0.3 is 5.97 Å². The van der Waals surface area contributed by atoms with Crippen molar-refractivity contribution in [3.63, 3.8) is 0 Å². The maximum absolute atomic E-state index is 12.7. The number of carboxylic acid groups (broad SMARTS) is 1. The van der Waals surface area contributed by atoms with Crippen LogP contribution in [0.1, 0.15) is 45.4 Å². The lowest BCUT2D eigenvalue weighted by Gasteiger charge is -2.25. The van der Waals surface area contributed by atoms with Crippen molar-refractivity contribution >= 4 is 23.7 Å². The average Bonchev–Trinajstić information content (AvgIpc) is 2.74. The second-order valence-electron chi connectivity index (χ2n) is 7.54. The summed E-state index contributed by atoms with van der Waals surface area (Å²) in [5, 5.41) is 35.3. The largest absolute Gasteiger partial charge is 0.480 e. The maximum Gasteiger partial charge on any atom is 0.326 e. The van der Waals surface area contributed by atoms with E-state index in [4.69, 9.17) is 17.2 Å². The molecule has 5 atom stereocenters. The third-order valence-electron chi connectivity index (χ3n) is 4.78. The van der Waals surface area contributed by atoms with Crippen LogP contribution < -0.4 is 33.2 Å². The third kappa shape index (κ3) is 11.3. The van der Waals surface area contributed by atoms with Crippen molar-refractivity contribution in [2.75, 3.05) is 19.7 Å². The number of hydrogen-bond acceptors (Lipinski definition) is 9. The Morgan fingerprint density at radius 2 is 1.22 bits per heavy atom. The zero-order valence-electron chi connectivity index (χ0n) is 18.5. The molecule has 0 spiro atoms. The Kier molecular flexibility index (Phi) is 15.1. The molecule has 0 saturated heterocycles. The fourth-order valence-corrected chi connectivity index (χ4v) is 2.74. The first-order valence-corrected chi connectivity index (χ1v) is 10.7. The van der Waals surface area contributed by atoms with E-state index < -0.39 is 60.6 Å². The van der Waals surface area contributed by atoms with E-state index in [2.05, 4.69) is 16.0 Å². The molecule has 0 aromatic rings. The molecule has 0 aromatic heterocycles. The summed E-state index contributed by atoms with van der Waals surface area (Å²) in [5.41, 5.74) is 16.4. The SMILES string of the molecule is CC(O)C(N)C(=O)NC(CCCCN)C(=O)NC(CO)C(=O)NC(CCCCN)C(=O)O. The Labute approximate surface area is 187 Å². The Hall–Kier alpha value is -2.32. The number of rotatable bonds is 17. The summed E-state index contributed by atoms with van der Waals surface area (Å²) in [6.45, 7) is 1.29. The van der Waals surface area contributed by atoms with Gasteiger partial charge in [0, 0.05) is 0 Å². The molecule has 0 aliphatic rings. The van der Waals surface area contributed by atoms with Crippen molar-refractivity contribution in [1.29, 1.82) is 0 Å². The first kappa shape index (κ1) is 29.7. The van der Waals surface area contributed by atoms with Gasteiger partial charge in [0.05, 0.1) is 12.7 Å². The molecular formula is C19H38N6O7. The monoisotopic (exact) mass is 462 g/mol. The van der Waals surface area contributed by atoms with Gasteiger partial charge in [-0.05, 0) is 58.5 Å².